The topological polar surface area (TPSA) is 76.7 Å². The van der Waals surface area contributed by atoms with Crippen LogP contribution in [0.5, 0.6) is 11.5 Å². The fourth-order valence-electron chi connectivity index (χ4n) is 7.89. The van der Waals surface area contributed by atoms with Crippen molar-refractivity contribution in [1.29, 1.82) is 0 Å². The van der Waals surface area contributed by atoms with Crippen molar-refractivity contribution in [1.82, 2.24) is 10.6 Å². The van der Waals surface area contributed by atoms with E-state index in [4.69, 9.17) is 9.47 Å². The minimum absolute atomic E-state index is 0.0584. The molecule has 2 bridgehead atoms. The molecule has 5 rings (SSSR count). The summed E-state index contributed by atoms with van der Waals surface area (Å²) in [5.41, 5.74) is 0.790. The molecule has 0 unspecified atom stereocenters. The quantitative estimate of drug-likeness (QED) is 0.358. The zero-order valence-corrected chi connectivity index (χ0v) is 24.2. The average molecular weight is 543 g/mol. The largest absolute Gasteiger partial charge is 0.496 e. The summed E-state index contributed by atoms with van der Waals surface area (Å²) in [5.74, 6) is -0.158. The second kappa shape index (κ2) is 11.3. The molecule has 1 aromatic rings. The Kier molecular flexibility index (Phi) is 8.17. The maximum Gasteiger partial charge on any atom is 0.255 e. The summed E-state index contributed by atoms with van der Waals surface area (Å²) in [4.78, 5) is 26.9. The Labute approximate surface area is 233 Å². The number of carbonyl (C=O) groups is 2. The van der Waals surface area contributed by atoms with Crippen LogP contribution in [0.2, 0.25) is 0 Å². The van der Waals surface area contributed by atoms with Crippen LogP contribution in [0.25, 0.3) is 0 Å². The van der Waals surface area contributed by atoms with Crippen LogP contribution in [0.4, 0.5) is 4.39 Å². The summed E-state index contributed by atoms with van der Waals surface area (Å²) in [6.45, 7) is 7.48. The molecule has 7 heteroatoms. The fraction of sp³-hybridized carbons (Fsp3) is 0.750. The number of methoxy groups -OCH3 is 1. The molecule has 1 aromatic carbocycles. The molecule has 0 aliphatic heterocycles. The number of hydrogen-bond donors (Lipinski definition) is 2. The molecular formula is C32H47FN2O4. The van der Waals surface area contributed by atoms with Crippen LogP contribution in [-0.2, 0) is 4.79 Å². The van der Waals surface area contributed by atoms with Crippen molar-refractivity contribution in [3.8, 4) is 11.5 Å². The van der Waals surface area contributed by atoms with Crippen LogP contribution in [0, 0.1) is 34.4 Å². The van der Waals surface area contributed by atoms with E-state index in [0.29, 0.717) is 17.9 Å². The standard InChI is InChI=1S/C32H47FN2O4/c1-5-11-31(2)14-9-22(10-15-31)39-26-17-23(25(38-4)18-24(26)33)29(36)35-28-21-8-7-20(16-21)27(28)30(37)34-19-32(3)12-6-13-32/h17-18,20-22,27-28H,5-16,19H2,1-4H3,(H,34,37)(H,35,36)/t20-,21+,22-,27+,28-,31-/m1/s1. The molecule has 39 heavy (non-hydrogen) atoms. The Morgan fingerprint density at radius 1 is 1.00 bits per heavy atom. The number of hydrogen-bond acceptors (Lipinski definition) is 4. The summed E-state index contributed by atoms with van der Waals surface area (Å²) in [6, 6.07) is 2.51. The lowest BCUT2D eigenvalue weighted by atomic mass is 9.70. The molecule has 216 valence electrons. The van der Waals surface area contributed by atoms with Crippen molar-refractivity contribution >= 4 is 11.8 Å². The average Bonchev–Trinajstić information content (AvgIpc) is 3.50. The Bertz CT molecular complexity index is 1060. The Morgan fingerprint density at radius 2 is 1.72 bits per heavy atom. The zero-order chi connectivity index (χ0) is 27.8. The van der Waals surface area contributed by atoms with Crippen LogP contribution in [0.1, 0.15) is 108 Å². The van der Waals surface area contributed by atoms with Gasteiger partial charge in [-0.15, -0.1) is 0 Å². The lowest BCUT2D eigenvalue weighted by molar-refractivity contribution is -0.128. The predicted molar refractivity (Wildman–Crippen MR) is 149 cm³/mol. The van der Waals surface area contributed by atoms with Crippen molar-refractivity contribution in [3.63, 3.8) is 0 Å². The maximum atomic E-state index is 15.0. The highest BCUT2D eigenvalue weighted by Gasteiger charge is 2.51. The summed E-state index contributed by atoms with van der Waals surface area (Å²) in [6.07, 6.45) is 12.7. The molecule has 0 heterocycles. The van der Waals surface area contributed by atoms with Gasteiger partial charge in [-0.1, -0.05) is 33.6 Å². The Balaban J connectivity index is 1.27. The fourth-order valence-corrected chi connectivity index (χ4v) is 7.89. The van der Waals surface area contributed by atoms with Gasteiger partial charge >= 0.3 is 0 Å². The molecule has 4 atom stereocenters. The normalized spacial score (nSPS) is 32.8. The third-order valence-electron chi connectivity index (χ3n) is 10.6. The number of rotatable bonds is 10. The third-order valence-corrected chi connectivity index (χ3v) is 10.6. The maximum absolute atomic E-state index is 15.0. The molecule has 4 saturated carbocycles. The van der Waals surface area contributed by atoms with Gasteiger partial charge in [0, 0.05) is 18.7 Å². The minimum Gasteiger partial charge on any atom is -0.496 e. The Morgan fingerprint density at radius 3 is 2.36 bits per heavy atom. The Hall–Kier alpha value is -2.31. The molecule has 6 nitrogen and oxygen atoms in total. The van der Waals surface area contributed by atoms with Crippen LogP contribution >= 0.6 is 0 Å². The van der Waals surface area contributed by atoms with Crippen molar-refractivity contribution in [2.45, 2.75) is 110 Å². The highest BCUT2D eigenvalue weighted by molar-refractivity contribution is 5.98. The number of carbonyl (C=O) groups excluding carboxylic acids is 2. The zero-order valence-electron chi connectivity index (χ0n) is 24.2. The van der Waals surface area contributed by atoms with Gasteiger partial charge in [0.2, 0.25) is 5.91 Å². The van der Waals surface area contributed by atoms with Gasteiger partial charge in [-0.05, 0) is 92.9 Å². The highest BCUT2D eigenvalue weighted by atomic mass is 19.1. The molecule has 2 amide bonds. The summed E-state index contributed by atoms with van der Waals surface area (Å²) < 4.78 is 26.6. The predicted octanol–water partition coefficient (Wildman–Crippen LogP) is 6.41. The van der Waals surface area contributed by atoms with Gasteiger partial charge in [0.1, 0.15) is 5.75 Å². The number of benzene rings is 1. The van der Waals surface area contributed by atoms with Crippen molar-refractivity contribution < 1.29 is 23.5 Å². The number of amides is 2. The SMILES string of the molecule is CCC[C@]1(C)CC[C@@H](Oc2cc(C(=O)N[C@@H]3[C@H]4CC[C@H](C4)[C@@H]3C(=O)NCC3(C)CCC3)c(OC)cc2F)CC1. The van der Waals surface area contributed by atoms with E-state index in [2.05, 4.69) is 31.4 Å². The lowest BCUT2D eigenvalue weighted by Gasteiger charge is -2.39. The third kappa shape index (κ3) is 5.92. The van der Waals surface area contributed by atoms with Gasteiger partial charge in [0.05, 0.1) is 24.7 Å². The lowest BCUT2D eigenvalue weighted by Crippen LogP contribution is -2.51. The van der Waals surface area contributed by atoms with E-state index in [9.17, 15) is 9.59 Å². The van der Waals surface area contributed by atoms with Gasteiger partial charge in [0.15, 0.2) is 11.6 Å². The van der Waals surface area contributed by atoms with Gasteiger partial charge in [-0.2, -0.15) is 0 Å². The summed E-state index contributed by atoms with van der Waals surface area (Å²) in [7, 11) is 1.44. The summed E-state index contributed by atoms with van der Waals surface area (Å²) >= 11 is 0. The highest BCUT2D eigenvalue weighted by Crippen LogP contribution is 2.49. The monoisotopic (exact) mass is 542 g/mol. The van der Waals surface area contributed by atoms with Crippen molar-refractivity contribution in [3.05, 3.63) is 23.5 Å². The van der Waals surface area contributed by atoms with E-state index < -0.39 is 5.82 Å². The van der Waals surface area contributed by atoms with E-state index in [-0.39, 0.29) is 58.3 Å². The summed E-state index contributed by atoms with van der Waals surface area (Å²) in [5, 5.41) is 6.38. The van der Waals surface area contributed by atoms with E-state index in [1.165, 1.54) is 32.1 Å². The first kappa shape index (κ1) is 28.2. The molecule has 0 aromatic heterocycles. The molecule has 4 fully saturated rings. The molecule has 2 N–H and O–H groups in total. The smallest absolute Gasteiger partial charge is 0.255 e. The van der Waals surface area contributed by atoms with Crippen LogP contribution < -0.4 is 20.1 Å². The van der Waals surface area contributed by atoms with Crippen molar-refractivity contribution in [2.75, 3.05) is 13.7 Å². The first-order valence-corrected chi connectivity index (χ1v) is 15.3. The van der Waals surface area contributed by atoms with Crippen LogP contribution in [0.3, 0.4) is 0 Å². The molecule has 4 aliphatic rings. The molecule has 0 spiro atoms. The van der Waals surface area contributed by atoms with E-state index in [1.807, 2.05) is 0 Å². The van der Waals surface area contributed by atoms with Gasteiger partial charge in [-0.3, -0.25) is 9.59 Å². The number of nitrogens with one attached hydrogen (secondary N) is 2. The number of halogens is 1. The van der Waals surface area contributed by atoms with E-state index in [0.717, 1.165) is 64.2 Å². The van der Waals surface area contributed by atoms with Gasteiger partial charge < -0.3 is 20.1 Å². The number of fused-ring (bicyclic) bond motifs is 2. The van der Waals surface area contributed by atoms with Gasteiger partial charge in [-0.25, -0.2) is 4.39 Å². The molecule has 0 radical (unpaired) electrons. The number of ether oxygens (including phenoxy) is 2. The minimum atomic E-state index is -0.521. The molecule has 0 saturated heterocycles. The van der Waals surface area contributed by atoms with E-state index >= 15 is 4.39 Å². The van der Waals surface area contributed by atoms with Crippen LogP contribution in [0.15, 0.2) is 12.1 Å². The van der Waals surface area contributed by atoms with Gasteiger partial charge in [0.25, 0.3) is 5.91 Å². The second-order valence-corrected chi connectivity index (χ2v) is 13.6. The van der Waals surface area contributed by atoms with E-state index in [1.54, 1.807) is 0 Å². The van der Waals surface area contributed by atoms with Crippen LogP contribution in [-0.4, -0.2) is 37.6 Å². The second-order valence-electron chi connectivity index (χ2n) is 13.6. The first-order valence-electron chi connectivity index (χ1n) is 15.3. The molecular weight excluding hydrogens is 495 g/mol. The van der Waals surface area contributed by atoms with Crippen molar-refractivity contribution in [2.24, 2.45) is 28.6 Å². The first-order chi connectivity index (χ1) is 18.6. The molecule has 4 aliphatic carbocycles.